The summed E-state index contributed by atoms with van der Waals surface area (Å²) in [6.07, 6.45) is 0.808. The van der Waals surface area contributed by atoms with Crippen molar-refractivity contribution in [2.75, 3.05) is 18.1 Å². The second-order valence-electron chi connectivity index (χ2n) is 5.27. The molecule has 1 atom stereocenters. The van der Waals surface area contributed by atoms with Gasteiger partial charge in [-0.25, -0.2) is 8.42 Å². The van der Waals surface area contributed by atoms with Gasteiger partial charge >= 0.3 is 0 Å². The molecule has 0 aliphatic carbocycles. The fourth-order valence-corrected chi connectivity index (χ4v) is 4.42. The van der Waals surface area contributed by atoms with Crippen molar-refractivity contribution in [2.45, 2.75) is 26.8 Å². The van der Waals surface area contributed by atoms with Crippen LogP contribution in [0.2, 0.25) is 0 Å². The first-order chi connectivity index (χ1) is 8.48. The third-order valence-electron chi connectivity index (χ3n) is 3.71. The number of sulfone groups is 1. The molecule has 2 rings (SSSR count). The van der Waals surface area contributed by atoms with Gasteiger partial charge in [-0.2, -0.15) is 0 Å². The molecule has 1 heterocycles. The van der Waals surface area contributed by atoms with E-state index >= 15 is 0 Å². The van der Waals surface area contributed by atoms with Crippen molar-refractivity contribution in [1.82, 2.24) is 5.32 Å². The smallest absolute Gasteiger partial charge is 0.150 e. The van der Waals surface area contributed by atoms with Crippen molar-refractivity contribution in [3.05, 3.63) is 34.9 Å². The lowest BCUT2D eigenvalue weighted by atomic mass is 10.0. The highest BCUT2D eigenvalue weighted by atomic mass is 32.2. The lowest BCUT2D eigenvalue weighted by Gasteiger charge is -2.13. The Labute approximate surface area is 110 Å². The molecule has 3 nitrogen and oxygen atoms in total. The predicted octanol–water partition coefficient (Wildman–Crippen LogP) is 1.83. The first kappa shape index (κ1) is 13.6. The molecule has 1 fully saturated rings. The van der Waals surface area contributed by atoms with Gasteiger partial charge in [0.2, 0.25) is 0 Å². The van der Waals surface area contributed by atoms with E-state index in [1.807, 2.05) is 0 Å². The normalized spacial score (nSPS) is 22.2. The Morgan fingerprint density at radius 2 is 1.94 bits per heavy atom. The number of hydrogen-bond acceptors (Lipinski definition) is 3. The molecule has 0 bridgehead atoms. The topological polar surface area (TPSA) is 46.2 Å². The van der Waals surface area contributed by atoms with E-state index in [0.29, 0.717) is 17.4 Å². The van der Waals surface area contributed by atoms with Crippen molar-refractivity contribution in [3.8, 4) is 0 Å². The average Bonchev–Trinajstić information content (AvgIpc) is 2.63. The standard InChI is InChI=1S/C14H21NO2S/c1-11-4-3-5-12(2)14(11)9-15-8-13-6-7-18(16,17)10-13/h3-5,13,15H,6-10H2,1-2H3. The Kier molecular flexibility index (Phi) is 4.07. The summed E-state index contributed by atoms with van der Waals surface area (Å²) in [6.45, 7) is 5.86. The molecule has 1 aromatic rings. The van der Waals surface area contributed by atoms with E-state index in [1.165, 1.54) is 16.7 Å². The monoisotopic (exact) mass is 267 g/mol. The molecule has 0 radical (unpaired) electrons. The molecule has 100 valence electrons. The van der Waals surface area contributed by atoms with Crippen LogP contribution in [0.4, 0.5) is 0 Å². The average molecular weight is 267 g/mol. The van der Waals surface area contributed by atoms with Crippen molar-refractivity contribution < 1.29 is 8.42 Å². The molecule has 1 saturated heterocycles. The molecule has 0 saturated carbocycles. The highest BCUT2D eigenvalue weighted by Gasteiger charge is 2.27. The summed E-state index contributed by atoms with van der Waals surface area (Å²) in [5.41, 5.74) is 3.92. The molecular formula is C14H21NO2S. The summed E-state index contributed by atoms with van der Waals surface area (Å²) in [4.78, 5) is 0. The summed E-state index contributed by atoms with van der Waals surface area (Å²) in [5, 5.41) is 3.40. The van der Waals surface area contributed by atoms with Crippen molar-refractivity contribution in [2.24, 2.45) is 5.92 Å². The maximum atomic E-state index is 11.4. The minimum Gasteiger partial charge on any atom is -0.312 e. The summed E-state index contributed by atoms with van der Waals surface area (Å²) >= 11 is 0. The predicted molar refractivity (Wildman–Crippen MR) is 74.4 cm³/mol. The number of rotatable bonds is 4. The van der Waals surface area contributed by atoms with E-state index < -0.39 is 9.84 Å². The SMILES string of the molecule is Cc1cccc(C)c1CNCC1CCS(=O)(=O)C1. The molecular weight excluding hydrogens is 246 g/mol. The zero-order valence-electron chi connectivity index (χ0n) is 11.1. The molecule has 1 aromatic carbocycles. The Balaban J connectivity index is 1.86. The Bertz CT molecular complexity index is 502. The van der Waals surface area contributed by atoms with Gasteiger partial charge in [-0.05, 0) is 49.4 Å². The van der Waals surface area contributed by atoms with E-state index in [1.54, 1.807) is 0 Å². The van der Waals surface area contributed by atoms with Crippen molar-refractivity contribution in [1.29, 1.82) is 0 Å². The van der Waals surface area contributed by atoms with Crippen LogP contribution in [0.25, 0.3) is 0 Å². The second-order valence-corrected chi connectivity index (χ2v) is 7.50. The largest absolute Gasteiger partial charge is 0.312 e. The van der Waals surface area contributed by atoms with Gasteiger partial charge in [0.05, 0.1) is 11.5 Å². The number of benzene rings is 1. The van der Waals surface area contributed by atoms with Crippen molar-refractivity contribution in [3.63, 3.8) is 0 Å². The Morgan fingerprint density at radius 3 is 2.50 bits per heavy atom. The third kappa shape index (κ3) is 3.33. The highest BCUT2D eigenvalue weighted by Crippen LogP contribution is 2.18. The van der Waals surface area contributed by atoms with Crippen LogP contribution in [-0.4, -0.2) is 26.5 Å². The molecule has 0 spiro atoms. The quantitative estimate of drug-likeness (QED) is 0.905. The van der Waals surface area contributed by atoms with E-state index in [2.05, 4.69) is 37.4 Å². The molecule has 0 amide bonds. The van der Waals surface area contributed by atoms with Gasteiger partial charge in [-0.15, -0.1) is 0 Å². The van der Waals surface area contributed by atoms with Crippen LogP contribution in [0.1, 0.15) is 23.1 Å². The Hall–Kier alpha value is -0.870. The van der Waals surface area contributed by atoms with Gasteiger partial charge in [0.25, 0.3) is 0 Å². The lowest BCUT2D eigenvalue weighted by molar-refractivity contribution is 0.519. The third-order valence-corrected chi connectivity index (χ3v) is 5.54. The van der Waals surface area contributed by atoms with E-state index in [9.17, 15) is 8.42 Å². The van der Waals surface area contributed by atoms with Crippen LogP contribution in [0.3, 0.4) is 0 Å². The van der Waals surface area contributed by atoms with Crippen LogP contribution < -0.4 is 5.32 Å². The van der Waals surface area contributed by atoms with Gasteiger partial charge in [-0.3, -0.25) is 0 Å². The molecule has 1 aliphatic rings. The first-order valence-corrected chi connectivity index (χ1v) is 8.26. The zero-order chi connectivity index (χ0) is 13.2. The number of nitrogens with one attached hydrogen (secondary N) is 1. The molecule has 1 N–H and O–H groups in total. The van der Waals surface area contributed by atoms with Gasteiger partial charge in [0.15, 0.2) is 9.84 Å². The van der Waals surface area contributed by atoms with Crippen LogP contribution in [0, 0.1) is 19.8 Å². The maximum Gasteiger partial charge on any atom is 0.150 e. The molecule has 1 unspecified atom stereocenters. The molecule has 0 aromatic heterocycles. The minimum atomic E-state index is -2.75. The molecule has 18 heavy (non-hydrogen) atoms. The van der Waals surface area contributed by atoms with Crippen LogP contribution in [0.15, 0.2) is 18.2 Å². The highest BCUT2D eigenvalue weighted by molar-refractivity contribution is 7.91. The molecule has 4 heteroatoms. The van der Waals surface area contributed by atoms with Gasteiger partial charge in [0.1, 0.15) is 0 Å². The summed E-state index contributed by atoms with van der Waals surface area (Å²) in [5.74, 6) is 1.01. The summed E-state index contributed by atoms with van der Waals surface area (Å²) in [7, 11) is -2.75. The van der Waals surface area contributed by atoms with E-state index in [-0.39, 0.29) is 0 Å². The van der Waals surface area contributed by atoms with Gasteiger partial charge in [0, 0.05) is 6.54 Å². The van der Waals surface area contributed by atoms with E-state index in [4.69, 9.17) is 0 Å². The number of aryl methyl sites for hydroxylation is 2. The fraction of sp³-hybridized carbons (Fsp3) is 0.571. The Morgan fingerprint density at radius 1 is 1.28 bits per heavy atom. The van der Waals surface area contributed by atoms with E-state index in [0.717, 1.165) is 19.5 Å². The maximum absolute atomic E-state index is 11.4. The zero-order valence-corrected chi connectivity index (χ0v) is 11.9. The second kappa shape index (κ2) is 5.41. The fourth-order valence-electron chi connectivity index (χ4n) is 2.56. The van der Waals surface area contributed by atoms with Crippen LogP contribution in [0.5, 0.6) is 0 Å². The summed E-state index contributed by atoms with van der Waals surface area (Å²) < 4.78 is 22.7. The van der Waals surface area contributed by atoms with Crippen LogP contribution >= 0.6 is 0 Å². The van der Waals surface area contributed by atoms with Crippen LogP contribution in [-0.2, 0) is 16.4 Å². The van der Waals surface area contributed by atoms with Gasteiger partial charge < -0.3 is 5.32 Å². The first-order valence-electron chi connectivity index (χ1n) is 6.44. The minimum absolute atomic E-state index is 0.291. The number of hydrogen-bond donors (Lipinski definition) is 1. The van der Waals surface area contributed by atoms with Crippen molar-refractivity contribution >= 4 is 9.84 Å². The lowest BCUT2D eigenvalue weighted by Crippen LogP contribution is -2.24. The summed E-state index contributed by atoms with van der Waals surface area (Å²) in [6, 6.07) is 6.30. The van der Waals surface area contributed by atoms with Gasteiger partial charge in [-0.1, -0.05) is 18.2 Å². The molecule has 1 aliphatic heterocycles.